The molecule has 2 aromatic rings. The lowest BCUT2D eigenvalue weighted by Crippen LogP contribution is -2.34. The molecule has 0 spiro atoms. The van der Waals surface area contributed by atoms with Crippen molar-refractivity contribution in [2.45, 2.75) is 17.4 Å². The van der Waals surface area contributed by atoms with Gasteiger partial charge in [-0.25, -0.2) is 18.0 Å². The predicted molar refractivity (Wildman–Crippen MR) is 83.0 cm³/mol. The first-order valence-electron chi connectivity index (χ1n) is 6.98. The molecule has 2 N–H and O–H groups in total. The van der Waals surface area contributed by atoms with Crippen LogP contribution >= 0.6 is 11.8 Å². The molecule has 1 aliphatic rings. The van der Waals surface area contributed by atoms with Gasteiger partial charge in [0.2, 0.25) is 0 Å². The lowest BCUT2D eigenvalue weighted by Gasteiger charge is -2.26. The molecule has 1 unspecified atom stereocenters. The molecule has 3 nitrogen and oxygen atoms in total. The Hall–Kier alpha value is -2.15. The van der Waals surface area contributed by atoms with Crippen LogP contribution in [-0.4, -0.2) is 11.8 Å². The van der Waals surface area contributed by atoms with Gasteiger partial charge in [0.15, 0.2) is 0 Å². The topological polar surface area (TPSA) is 41.1 Å². The second-order valence-corrected chi connectivity index (χ2v) is 6.18. The van der Waals surface area contributed by atoms with Gasteiger partial charge in [-0.15, -0.1) is 11.8 Å². The van der Waals surface area contributed by atoms with Gasteiger partial charge in [0.05, 0.1) is 11.7 Å². The van der Waals surface area contributed by atoms with Gasteiger partial charge >= 0.3 is 6.03 Å². The van der Waals surface area contributed by atoms with Gasteiger partial charge in [0, 0.05) is 16.7 Å². The van der Waals surface area contributed by atoms with E-state index in [1.807, 2.05) is 0 Å². The summed E-state index contributed by atoms with van der Waals surface area (Å²) in [5.74, 6) is -1.22. The van der Waals surface area contributed by atoms with Crippen LogP contribution in [0.25, 0.3) is 0 Å². The normalized spacial score (nSPS) is 16.6. The molecule has 0 saturated heterocycles. The average molecular weight is 338 g/mol. The van der Waals surface area contributed by atoms with Crippen molar-refractivity contribution in [1.29, 1.82) is 0 Å². The molecular weight excluding hydrogens is 325 g/mol. The number of benzene rings is 2. The zero-order valence-corrected chi connectivity index (χ0v) is 12.7. The molecule has 0 aliphatic carbocycles. The first-order chi connectivity index (χ1) is 11.0. The van der Waals surface area contributed by atoms with Crippen LogP contribution in [0.5, 0.6) is 0 Å². The summed E-state index contributed by atoms with van der Waals surface area (Å²) < 4.78 is 40.2. The maximum atomic E-state index is 13.8. The summed E-state index contributed by atoms with van der Waals surface area (Å²) in [7, 11) is 0. The van der Waals surface area contributed by atoms with Crippen molar-refractivity contribution < 1.29 is 18.0 Å². The standard InChI is InChI=1S/C16H13F3N2OS/c17-9-4-5-14(12(19)8-9)21-16(22)20-13-6-7-23-15-10(13)2-1-3-11(15)18/h1-5,8,13H,6-7H2,(H2,20,21,22). The monoisotopic (exact) mass is 338 g/mol. The van der Waals surface area contributed by atoms with Crippen molar-refractivity contribution in [2.24, 2.45) is 0 Å². The molecule has 0 saturated carbocycles. The van der Waals surface area contributed by atoms with Crippen LogP contribution in [0.4, 0.5) is 23.7 Å². The molecule has 1 aliphatic heterocycles. The van der Waals surface area contributed by atoms with Crippen LogP contribution in [0, 0.1) is 17.5 Å². The van der Waals surface area contributed by atoms with E-state index in [1.54, 1.807) is 12.1 Å². The van der Waals surface area contributed by atoms with E-state index < -0.39 is 17.7 Å². The number of hydrogen-bond acceptors (Lipinski definition) is 2. The maximum Gasteiger partial charge on any atom is 0.319 e. The van der Waals surface area contributed by atoms with Crippen molar-refractivity contribution in [2.75, 3.05) is 11.1 Å². The highest BCUT2D eigenvalue weighted by atomic mass is 32.2. The number of urea groups is 1. The Morgan fingerprint density at radius 2 is 1.96 bits per heavy atom. The van der Waals surface area contributed by atoms with Crippen molar-refractivity contribution >= 4 is 23.5 Å². The van der Waals surface area contributed by atoms with E-state index in [2.05, 4.69) is 10.6 Å². The molecule has 0 aromatic heterocycles. The Kier molecular flexibility index (Phi) is 4.47. The minimum atomic E-state index is -0.856. The van der Waals surface area contributed by atoms with Gasteiger partial charge in [-0.1, -0.05) is 12.1 Å². The van der Waals surface area contributed by atoms with Crippen LogP contribution in [0.3, 0.4) is 0 Å². The van der Waals surface area contributed by atoms with E-state index in [0.29, 0.717) is 28.7 Å². The summed E-state index contributed by atoms with van der Waals surface area (Å²) in [4.78, 5) is 12.6. The molecule has 0 bridgehead atoms. The van der Waals surface area contributed by atoms with E-state index in [9.17, 15) is 18.0 Å². The second kappa shape index (κ2) is 6.54. The lowest BCUT2D eigenvalue weighted by molar-refractivity contribution is 0.248. The third-order valence-corrected chi connectivity index (χ3v) is 4.67. The number of rotatable bonds is 2. The van der Waals surface area contributed by atoms with Gasteiger partial charge in [-0.05, 0) is 30.2 Å². The molecule has 7 heteroatoms. The van der Waals surface area contributed by atoms with E-state index >= 15 is 0 Å². The molecular formula is C16H13F3N2OS. The summed E-state index contributed by atoms with van der Waals surface area (Å²) in [6.07, 6.45) is 0.639. The SMILES string of the molecule is O=C(Nc1ccc(F)cc1F)NC1CCSc2c(F)cccc21. The maximum absolute atomic E-state index is 13.8. The smallest absolute Gasteiger partial charge is 0.319 e. The number of carbonyl (C=O) groups is 1. The average Bonchev–Trinajstić information content (AvgIpc) is 2.51. The second-order valence-electron chi connectivity index (χ2n) is 5.07. The van der Waals surface area contributed by atoms with E-state index in [-0.39, 0.29) is 17.5 Å². The third kappa shape index (κ3) is 3.44. The summed E-state index contributed by atoms with van der Waals surface area (Å²) >= 11 is 1.41. The Bertz CT molecular complexity index is 754. The number of amides is 2. The molecule has 1 heterocycles. The number of halogens is 3. The van der Waals surface area contributed by atoms with E-state index in [1.165, 1.54) is 17.8 Å². The zero-order valence-electron chi connectivity index (χ0n) is 11.9. The molecule has 3 rings (SSSR count). The van der Waals surface area contributed by atoms with Crippen LogP contribution in [0.15, 0.2) is 41.3 Å². The van der Waals surface area contributed by atoms with Crippen LogP contribution < -0.4 is 10.6 Å². The Balaban J connectivity index is 1.73. The Labute approximate surface area is 135 Å². The number of fused-ring (bicyclic) bond motifs is 1. The number of anilines is 1. The van der Waals surface area contributed by atoms with Crippen molar-refractivity contribution in [1.82, 2.24) is 5.32 Å². The molecule has 0 fully saturated rings. The lowest BCUT2D eigenvalue weighted by atomic mass is 10.0. The summed E-state index contributed by atoms with van der Waals surface area (Å²) in [6.45, 7) is 0. The highest BCUT2D eigenvalue weighted by Gasteiger charge is 2.24. The molecule has 2 aromatic carbocycles. The number of hydrogen-bond donors (Lipinski definition) is 2. The van der Waals surface area contributed by atoms with Crippen LogP contribution in [-0.2, 0) is 0 Å². The fraction of sp³-hybridized carbons (Fsp3) is 0.188. The highest BCUT2D eigenvalue weighted by molar-refractivity contribution is 7.99. The van der Waals surface area contributed by atoms with Crippen molar-refractivity contribution in [3.8, 4) is 0 Å². The first kappa shape index (κ1) is 15.7. The summed E-state index contributed by atoms with van der Waals surface area (Å²) in [6, 6.07) is 6.64. The quantitative estimate of drug-likeness (QED) is 0.849. The summed E-state index contributed by atoms with van der Waals surface area (Å²) in [5, 5.41) is 5.04. The number of nitrogens with one attached hydrogen (secondary N) is 2. The molecule has 2 amide bonds. The highest BCUT2D eigenvalue weighted by Crippen LogP contribution is 2.37. The molecule has 0 radical (unpaired) electrons. The van der Waals surface area contributed by atoms with Gasteiger partial charge in [-0.3, -0.25) is 0 Å². The Morgan fingerprint density at radius 3 is 2.74 bits per heavy atom. The molecule has 1 atom stereocenters. The molecule has 23 heavy (non-hydrogen) atoms. The largest absolute Gasteiger partial charge is 0.331 e. The van der Waals surface area contributed by atoms with Gasteiger partial charge < -0.3 is 10.6 Å². The number of carbonyl (C=O) groups excluding carboxylic acids is 1. The minimum absolute atomic E-state index is 0.117. The predicted octanol–water partition coefficient (Wildman–Crippen LogP) is 4.46. The fourth-order valence-electron chi connectivity index (χ4n) is 2.44. The van der Waals surface area contributed by atoms with E-state index in [0.717, 1.165) is 12.1 Å². The van der Waals surface area contributed by atoms with Gasteiger partial charge in [0.1, 0.15) is 17.5 Å². The van der Waals surface area contributed by atoms with Crippen molar-refractivity contribution in [3.63, 3.8) is 0 Å². The van der Waals surface area contributed by atoms with Gasteiger partial charge in [-0.2, -0.15) is 0 Å². The Morgan fingerprint density at radius 1 is 1.13 bits per heavy atom. The molecule has 120 valence electrons. The van der Waals surface area contributed by atoms with Crippen molar-refractivity contribution in [3.05, 3.63) is 59.4 Å². The zero-order chi connectivity index (χ0) is 16.4. The van der Waals surface area contributed by atoms with Crippen LogP contribution in [0.1, 0.15) is 18.0 Å². The third-order valence-electron chi connectivity index (χ3n) is 3.51. The summed E-state index contributed by atoms with van der Waals surface area (Å²) in [5.41, 5.74) is 0.588. The first-order valence-corrected chi connectivity index (χ1v) is 7.97. The fourth-order valence-corrected chi connectivity index (χ4v) is 3.58. The minimum Gasteiger partial charge on any atom is -0.331 e. The number of thioether (sulfide) groups is 1. The van der Waals surface area contributed by atoms with E-state index in [4.69, 9.17) is 0 Å². The van der Waals surface area contributed by atoms with Crippen LogP contribution in [0.2, 0.25) is 0 Å². The van der Waals surface area contributed by atoms with Gasteiger partial charge in [0.25, 0.3) is 0 Å².